The van der Waals surface area contributed by atoms with Crippen LogP contribution in [0.15, 0.2) is 24.9 Å². The van der Waals surface area contributed by atoms with Gasteiger partial charge in [-0.1, -0.05) is 12.2 Å². The first kappa shape index (κ1) is 11.4. The van der Waals surface area contributed by atoms with Gasteiger partial charge in [0, 0.05) is 25.3 Å². The first-order valence-electron chi connectivity index (χ1n) is 6.46. The Kier molecular flexibility index (Phi) is 2.88. The van der Waals surface area contributed by atoms with Crippen molar-refractivity contribution in [1.29, 1.82) is 0 Å². The molecule has 1 aromatic heterocycles. The Morgan fingerprint density at radius 2 is 2.44 bits per heavy atom. The van der Waals surface area contributed by atoms with E-state index in [0.29, 0.717) is 12.0 Å². The highest BCUT2D eigenvalue weighted by molar-refractivity contribution is 5.72. The molecular formula is C14H18N4. The van der Waals surface area contributed by atoms with Gasteiger partial charge in [0.2, 0.25) is 5.95 Å². The molecule has 1 atom stereocenters. The van der Waals surface area contributed by atoms with Gasteiger partial charge in [-0.3, -0.25) is 4.90 Å². The zero-order valence-electron chi connectivity index (χ0n) is 10.5. The van der Waals surface area contributed by atoms with Gasteiger partial charge in [0.1, 0.15) is 0 Å². The topological polar surface area (TPSA) is 55.0 Å². The van der Waals surface area contributed by atoms with Crippen LogP contribution in [-0.2, 0) is 6.42 Å². The summed E-state index contributed by atoms with van der Waals surface area (Å²) in [5.74, 6) is 0.371. The van der Waals surface area contributed by atoms with Crippen LogP contribution in [0, 0.1) is 0 Å². The molecule has 1 aromatic rings. The summed E-state index contributed by atoms with van der Waals surface area (Å²) in [7, 11) is 0. The number of hydrogen-bond donors (Lipinski definition) is 1. The highest BCUT2D eigenvalue weighted by atomic mass is 15.2. The second kappa shape index (κ2) is 4.53. The van der Waals surface area contributed by atoms with Gasteiger partial charge in [-0.25, -0.2) is 9.97 Å². The summed E-state index contributed by atoms with van der Waals surface area (Å²) in [5.41, 5.74) is 9.34. The lowest BCUT2D eigenvalue weighted by molar-refractivity contribution is 0.242. The zero-order chi connectivity index (χ0) is 12.5. The fourth-order valence-corrected chi connectivity index (χ4v) is 3.00. The maximum atomic E-state index is 5.72. The van der Waals surface area contributed by atoms with Gasteiger partial charge < -0.3 is 5.73 Å². The number of nitrogen functional groups attached to an aromatic ring is 1. The molecule has 4 nitrogen and oxygen atoms in total. The first-order valence-corrected chi connectivity index (χ1v) is 6.46. The number of aromatic nitrogens is 2. The monoisotopic (exact) mass is 242 g/mol. The molecule has 94 valence electrons. The molecule has 0 aromatic carbocycles. The van der Waals surface area contributed by atoms with E-state index < -0.39 is 0 Å². The van der Waals surface area contributed by atoms with Gasteiger partial charge in [-0.15, -0.1) is 6.58 Å². The summed E-state index contributed by atoms with van der Waals surface area (Å²) in [5, 5.41) is 0. The predicted octanol–water partition coefficient (Wildman–Crippen LogP) is 1.65. The van der Waals surface area contributed by atoms with E-state index in [0.717, 1.165) is 38.0 Å². The van der Waals surface area contributed by atoms with E-state index in [9.17, 15) is 0 Å². The normalized spacial score (nSPS) is 22.9. The summed E-state index contributed by atoms with van der Waals surface area (Å²) in [6, 6.07) is 0.471. The van der Waals surface area contributed by atoms with E-state index in [-0.39, 0.29) is 0 Å². The van der Waals surface area contributed by atoms with Crippen LogP contribution < -0.4 is 5.73 Å². The van der Waals surface area contributed by atoms with E-state index in [4.69, 9.17) is 5.73 Å². The van der Waals surface area contributed by atoms with Crippen LogP contribution in [-0.4, -0.2) is 34.0 Å². The standard InChI is InChI=1S/C14H18N4/c1-2-7-18-8-3-4-11-12(18)6-5-10-9-16-14(15)17-13(10)11/h2,4,9,12H,1,3,5-8H2,(H2,15,16,17). The molecule has 0 saturated carbocycles. The van der Waals surface area contributed by atoms with Crippen LogP contribution in [0.1, 0.15) is 24.1 Å². The molecule has 1 aliphatic carbocycles. The molecule has 0 amide bonds. The predicted molar refractivity (Wildman–Crippen MR) is 72.9 cm³/mol. The van der Waals surface area contributed by atoms with Crippen molar-refractivity contribution in [2.24, 2.45) is 0 Å². The van der Waals surface area contributed by atoms with E-state index in [1.165, 1.54) is 11.1 Å². The quantitative estimate of drug-likeness (QED) is 0.801. The van der Waals surface area contributed by atoms with Crippen molar-refractivity contribution < 1.29 is 0 Å². The van der Waals surface area contributed by atoms with E-state index in [2.05, 4.69) is 27.5 Å². The molecule has 1 unspecified atom stereocenters. The molecule has 3 rings (SSSR count). The summed E-state index contributed by atoms with van der Waals surface area (Å²) in [4.78, 5) is 11.0. The van der Waals surface area contributed by atoms with Gasteiger partial charge in [0.15, 0.2) is 0 Å². The highest BCUT2D eigenvalue weighted by Gasteiger charge is 2.31. The van der Waals surface area contributed by atoms with Crippen molar-refractivity contribution in [2.45, 2.75) is 25.3 Å². The number of nitrogens with two attached hydrogens (primary N) is 1. The average Bonchev–Trinajstić information content (AvgIpc) is 2.39. The minimum atomic E-state index is 0.371. The average molecular weight is 242 g/mol. The molecule has 2 N–H and O–H groups in total. The number of aryl methyl sites for hydroxylation is 1. The Morgan fingerprint density at radius 1 is 1.56 bits per heavy atom. The van der Waals surface area contributed by atoms with Crippen molar-refractivity contribution in [3.8, 4) is 0 Å². The fraction of sp³-hybridized carbons (Fsp3) is 0.429. The molecule has 0 bridgehead atoms. The van der Waals surface area contributed by atoms with Crippen LogP contribution in [0.2, 0.25) is 0 Å². The third-order valence-corrected chi connectivity index (χ3v) is 3.79. The molecular weight excluding hydrogens is 224 g/mol. The maximum Gasteiger partial charge on any atom is 0.220 e. The third kappa shape index (κ3) is 1.82. The largest absolute Gasteiger partial charge is 0.368 e. The van der Waals surface area contributed by atoms with Crippen molar-refractivity contribution in [1.82, 2.24) is 14.9 Å². The second-order valence-electron chi connectivity index (χ2n) is 4.89. The molecule has 0 fully saturated rings. The van der Waals surface area contributed by atoms with Gasteiger partial charge in [0.25, 0.3) is 0 Å². The van der Waals surface area contributed by atoms with Crippen LogP contribution >= 0.6 is 0 Å². The highest BCUT2D eigenvalue weighted by Crippen LogP contribution is 2.35. The van der Waals surface area contributed by atoms with Gasteiger partial charge >= 0.3 is 0 Å². The Morgan fingerprint density at radius 3 is 3.28 bits per heavy atom. The van der Waals surface area contributed by atoms with Gasteiger partial charge in [-0.2, -0.15) is 0 Å². The number of nitrogens with zero attached hydrogens (tertiary/aromatic N) is 3. The lowest BCUT2D eigenvalue weighted by Gasteiger charge is -2.38. The van der Waals surface area contributed by atoms with Crippen molar-refractivity contribution in [2.75, 3.05) is 18.8 Å². The maximum absolute atomic E-state index is 5.72. The van der Waals surface area contributed by atoms with Crippen LogP contribution in [0.25, 0.3) is 5.57 Å². The third-order valence-electron chi connectivity index (χ3n) is 3.79. The molecule has 4 heteroatoms. The van der Waals surface area contributed by atoms with Gasteiger partial charge in [-0.05, 0) is 30.4 Å². The number of fused-ring (bicyclic) bond motifs is 3. The van der Waals surface area contributed by atoms with Crippen molar-refractivity contribution in [3.05, 3.63) is 36.2 Å². The minimum absolute atomic E-state index is 0.371. The van der Waals surface area contributed by atoms with E-state index in [1.807, 2.05) is 12.3 Å². The minimum Gasteiger partial charge on any atom is -0.368 e. The molecule has 0 radical (unpaired) electrons. The van der Waals surface area contributed by atoms with Crippen LogP contribution in [0.3, 0.4) is 0 Å². The number of rotatable bonds is 2. The molecule has 18 heavy (non-hydrogen) atoms. The van der Waals surface area contributed by atoms with Crippen molar-refractivity contribution >= 4 is 11.5 Å². The van der Waals surface area contributed by atoms with Gasteiger partial charge in [0.05, 0.1) is 5.69 Å². The van der Waals surface area contributed by atoms with Crippen LogP contribution in [0.4, 0.5) is 5.95 Å². The van der Waals surface area contributed by atoms with E-state index in [1.54, 1.807) is 0 Å². The lowest BCUT2D eigenvalue weighted by atomic mass is 9.84. The summed E-state index contributed by atoms with van der Waals surface area (Å²) < 4.78 is 0. The molecule has 0 saturated heterocycles. The Balaban J connectivity index is 2.00. The smallest absolute Gasteiger partial charge is 0.220 e. The summed E-state index contributed by atoms with van der Waals surface area (Å²) in [6.45, 7) is 5.89. The molecule has 1 aliphatic heterocycles. The van der Waals surface area contributed by atoms with E-state index >= 15 is 0 Å². The lowest BCUT2D eigenvalue weighted by Crippen LogP contribution is -2.41. The number of anilines is 1. The molecule has 2 heterocycles. The zero-order valence-corrected chi connectivity index (χ0v) is 10.5. The first-order chi connectivity index (χ1) is 8.79. The van der Waals surface area contributed by atoms with Crippen molar-refractivity contribution in [3.63, 3.8) is 0 Å². The number of hydrogen-bond acceptors (Lipinski definition) is 4. The Hall–Kier alpha value is -1.68. The Bertz CT molecular complexity index is 507. The molecule has 2 aliphatic rings. The summed E-state index contributed by atoms with van der Waals surface area (Å²) in [6.07, 6.45) is 9.41. The Labute approximate surface area is 107 Å². The summed E-state index contributed by atoms with van der Waals surface area (Å²) >= 11 is 0. The second-order valence-corrected chi connectivity index (χ2v) is 4.89. The fourth-order valence-electron chi connectivity index (χ4n) is 3.00. The molecule has 0 spiro atoms. The SMILES string of the molecule is C=CCN1CCC=C2c3nc(N)ncc3CCC21. The van der Waals surface area contributed by atoms with Crippen LogP contribution in [0.5, 0.6) is 0 Å².